The van der Waals surface area contributed by atoms with E-state index in [0.717, 1.165) is 0 Å². The molecule has 1 rings (SSSR count). The van der Waals surface area contributed by atoms with Crippen LogP contribution in [0.15, 0.2) is 24.3 Å². The van der Waals surface area contributed by atoms with Crippen molar-refractivity contribution in [2.45, 2.75) is 19.9 Å². The number of hydrogen-bond acceptors (Lipinski definition) is 3. The number of amides is 2. The van der Waals surface area contributed by atoms with E-state index in [0.29, 0.717) is 0 Å². The fourth-order valence-electron chi connectivity index (χ4n) is 1.49. The summed E-state index contributed by atoms with van der Waals surface area (Å²) in [7, 11) is 0. The van der Waals surface area contributed by atoms with Gasteiger partial charge in [-0.2, -0.15) is 0 Å². The Hall–Kier alpha value is -1.95. The molecule has 0 aliphatic carbocycles. The molecule has 0 radical (unpaired) electrons. The lowest BCUT2D eigenvalue weighted by Crippen LogP contribution is -2.51. The molecular formula is C12H16FN3O2. The van der Waals surface area contributed by atoms with Crippen LogP contribution in [0.5, 0.6) is 0 Å². The monoisotopic (exact) mass is 253 g/mol. The normalized spacial score (nSPS) is 12.1. The average Bonchev–Trinajstić information content (AvgIpc) is 2.35. The summed E-state index contributed by atoms with van der Waals surface area (Å²) in [6.45, 7) is 3.50. The maximum atomic E-state index is 13.4. The largest absolute Gasteiger partial charge is 0.340 e. The third-order valence-corrected chi connectivity index (χ3v) is 2.50. The second kappa shape index (κ2) is 6.11. The van der Waals surface area contributed by atoms with Crippen molar-refractivity contribution in [1.29, 1.82) is 0 Å². The van der Waals surface area contributed by atoms with E-state index in [9.17, 15) is 14.0 Å². The Morgan fingerprint density at radius 2 is 1.89 bits per heavy atom. The first-order chi connectivity index (χ1) is 8.47. The molecule has 1 atom stereocenters. The maximum absolute atomic E-state index is 13.4. The number of carbonyl (C=O) groups excluding carboxylic acids is 2. The molecule has 0 bridgehead atoms. The van der Waals surface area contributed by atoms with Crippen LogP contribution in [0, 0.1) is 11.7 Å². The van der Waals surface area contributed by atoms with Crippen LogP contribution >= 0.6 is 0 Å². The standard InChI is InChI=1S/C12H16FN3O2/c1-7(2)10(12(18)16-14)15-11(17)8-5-3-4-6-9(8)13/h3-7,10H,14H2,1-2H3,(H,15,17)(H,16,18)/t10-/m0/s1. The quantitative estimate of drug-likeness (QED) is 0.416. The van der Waals surface area contributed by atoms with Crippen molar-refractivity contribution in [3.05, 3.63) is 35.6 Å². The summed E-state index contributed by atoms with van der Waals surface area (Å²) in [6, 6.07) is 4.76. The predicted octanol–water partition coefficient (Wildman–Crippen LogP) is 0.570. The molecule has 0 spiro atoms. The number of carbonyl (C=O) groups is 2. The number of benzene rings is 1. The molecule has 18 heavy (non-hydrogen) atoms. The van der Waals surface area contributed by atoms with E-state index in [1.54, 1.807) is 19.9 Å². The molecule has 1 aromatic carbocycles. The molecule has 4 N–H and O–H groups in total. The SMILES string of the molecule is CC(C)[C@H](NC(=O)c1ccccc1F)C(=O)NN. The van der Waals surface area contributed by atoms with Crippen LogP contribution in [0.25, 0.3) is 0 Å². The van der Waals surface area contributed by atoms with E-state index < -0.39 is 23.7 Å². The Morgan fingerprint density at radius 1 is 1.28 bits per heavy atom. The lowest BCUT2D eigenvalue weighted by atomic mass is 10.0. The minimum absolute atomic E-state index is 0.104. The van der Waals surface area contributed by atoms with Gasteiger partial charge in [0, 0.05) is 0 Å². The number of nitrogens with two attached hydrogens (primary N) is 1. The summed E-state index contributed by atoms with van der Waals surface area (Å²) in [4.78, 5) is 23.3. The van der Waals surface area contributed by atoms with Crippen molar-refractivity contribution in [1.82, 2.24) is 10.7 Å². The van der Waals surface area contributed by atoms with Gasteiger partial charge in [0.15, 0.2) is 0 Å². The number of halogens is 1. The average molecular weight is 253 g/mol. The van der Waals surface area contributed by atoms with Crippen LogP contribution in [-0.4, -0.2) is 17.9 Å². The molecule has 1 aromatic rings. The van der Waals surface area contributed by atoms with Crippen molar-refractivity contribution < 1.29 is 14.0 Å². The van der Waals surface area contributed by atoms with Crippen LogP contribution in [0.2, 0.25) is 0 Å². The molecule has 6 heteroatoms. The summed E-state index contributed by atoms with van der Waals surface area (Å²) in [5.74, 6) is 3.07. The molecule has 2 amide bonds. The minimum atomic E-state index is -0.804. The van der Waals surface area contributed by atoms with Crippen LogP contribution in [-0.2, 0) is 4.79 Å². The van der Waals surface area contributed by atoms with Crippen molar-refractivity contribution in [3.63, 3.8) is 0 Å². The van der Waals surface area contributed by atoms with Gasteiger partial charge in [0.2, 0.25) is 0 Å². The van der Waals surface area contributed by atoms with Crippen LogP contribution in [0.3, 0.4) is 0 Å². The number of rotatable bonds is 4. The van der Waals surface area contributed by atoms with E-state index in [1.807, 2.05) is 5.43 Å². The van der Waals surface area contributed by atoms with E-state index >= 15 is 0 Å². The summed E-state index contributed by atoms with van der Waals surface area (Å²) < 4.78 is 13.4. The molecule has 0 unspecified atom stereocenters. The maximum Gasteiger partial charge on any atom is 0.256 e. The lowest BCUT2D eigenvalue weighted by Gasteiger charge is -2.20. The molecule has 0 aliphatic rings. The Labute approximate surface area is 105 Å². The summed E-state index contributed by atoms with van der Waals surface area (Å²) in [6.07, 6.45) is 0. The molecule has 5 nitrogen and oxygen atoms in total. The molecular weight excluding hydrogens is 237 g/mol. The molecule has 0 aromatic heterocycles. The zero-order valence-corrected chi connectivity index (χ0v) is 10.2. The van der Waals surface area contributed by atoms with Gasteiger partial charge >= 0.3 is 0 Å². The highest BCUT2D eigenvalue weighted by molar-refractivity contribution is 5.97. The first-order valence-corrected chi connectivity index (χ1v) is 5.53. The topological polar surface area (TPSA) is 84.2 Å². The highest BCUT2D eigenvalue weighted by Crippen LogP contribution is 2.08. The minimum Gasteiger partial charge on any atom is -0.340 e. The Kier molecular flexibility index (Phi) is 4.79. The Bertz CT molecular complexity index is 449. The zero-order chi connectivity index (χ0) is 13.7. The van der Waals surface area contributed by atoms with Crippen molar-refractivity contribution in [3.8, 4) is 0 Å². The first-order valence-electron chi connectivity index (χ1n) is 5.53. The third kappa shape index (κ3) is 3.27. The van der Waals surface area contributed by atoms with Crippen molar-refractivity contribution >= 4 is 11.8 Å². The second-order valence-electron chi connectivity index (χ2n) is 4.18. The first kappa shape index (κ1) is 14.1. The van der Waals surface area contributed by atoms with Gasteiger partial charge < -0.3 is 5.32 Å². The summed E-state index contributed by atoms with van der Waals surface area (Å²) in [5.41, 5.74) is 1.87. The third-order valence-electron chi connectivity index (χ3n) is 2.50. The highest BCUT2D eigenvalue weighted by Gasteiger charge is 2.24. The molecule has 0 saturated heterocycles. The fraction of sp³-hybridized carbons (Fsp3) is 0.333. The van der Waals surface area contributed by atoms with Gasteiger partial charge in [-0.3, -0.25) is 15.0 Å². The lowest BCUT2D eigenvalue weighted by molar-refractivity contribution is -0.124. The van der Waals surface area contributed by atoms with E-state index in [4.69, 9.17) is 5.84 Å². The van der Waals surface area contributed by atoms with Crippen LogP contribution in [0.4, 0.5) is 4.39 Å². The van der Waals surface area contributed by atoms with Crippen LogP contribution in [0.1, 0.15) is 24.2 Å². The molecule has 0 fully saturated rings. The van der Waals surface area contributed by atoms with Gasteiger partial charge in [0.05, 0.1) is 5.56 Å². The number of hydrazine groups is 1. The van der Waals surface area contributed by atoms with Gasteiger partial charge in [0.25, 0.3) is 11.8 Å². The van der Waals surface area contributed by atoms with Gasteiger partial charge in [-0.05, 0) is 18.1 Å². The van der Waals surface area contributed by atoms with Gasteiger partial charge in [-0.1, -0.05) is 26.0 Å². The van der Waals surface area contributed by atoms with Crippen LogP contribution < -0.4 is 16.6 Å². The van der Waals surface area contributed by atoms with Crippen molar-refractivity contribution in [2.75, 3.05) is 0 Å². The van der Waals surface area contributed by atoms with Gasteiger partial charge in [-0.15, -0.1) is 0 Å². The molecule has 0 saturated carbocycles. The second-order valence-corrected chi connectivity index (χ2v) is 4.18. The summed E-state index contributed by atoms with van der Waals surface area (Å²) in [5, 5.41) is 2.45. The van der Waals surface area contributed by atoms with Gasteiger partial charge in [0.1, 0.15) is 11.9 Å². The van der Waals surface area contributed by atoms with E-state index in [1.165, 1.54) is 18.2 Å². The molecule has 0 heterocycles. The fourth-order valence-corrected chi connectivity index (χ4v) is 1.49. The van der Waals surface area contributed by atoms with E-state index in [2.05, 4.69) is 5.32 Å². The molecule has 98 valence electrons. The van der Waals surface area contributed by atoms with Gasteiger partial charge in [-0.25, -0.2) is 10.2 Å². The number of hydrogen-bond donors (Lipinski definition) is 3. The zero-order valence-electron chi connectivity index (χ0n) is 10.2. The number of nitrogens with one attached hydrogen (secondary N) is 2. The highest BCUT2D eigenvalue weighted by atomic mass is 19.1. The Morgan fingerprint density at radius 3 is 2.39 bits per heavy atom. The Balaban J connectivity index is 2.86. The van der Waals surface area contributed by atoms with Crippen molar-refractivity contribution in [2.24, 2.45) is 11.8 Å². The predicted molar refractivity (Wildman–Crippen MR) is 64.8 cm³/mol. The van der Waals surface area contributed by atoms with E-state index in [-0.39, 0.29) is 11.5 Å². The summed E-state index contributed by atoms with van der Waals surface area (Å²) >= 11 is 0. The molecule has 0 aliphatic heterocycles. The smallest absolute Gasteiger partial charge is 0.256 e.